The van der Waals surface area contributed by atoms with Gasteiger partial charge in [0.25, 0.3) is 0 Å². The van der Waals surface area contributed by atoms with Gasteiger partial charge in [-0.2, -0.15) is 5.26 Å². The molecule has 3 rings (SSSR count). The normalized spacial score (nSPS) is 22.5. The maximum absolute atomic E-state index is 11.9. The minimum Gasteiger partial charge on any atom is -0.455 e. The van der Waals surface area contributed by atoms with E-state index in [1.165, 1.54) is 0 Å². The quantitative estimate of drug-likeness (QED) is 0.381. The zero-order valence-corrected chi connectivity index (χ0v) is 15.0. The zero-order chi connectivity index (χ0) is 17.7. The molecular formula is C15H12INO7. The van der Waals surface area contributed by atoms with Crippen molar-refractivity contribution in [2.24, 2.45) is 0 Å². The summed E-state index contributed by atoms with van der Waals surface area (Å²) in [6, 6.07) is 1.88. The van der Waals surface area contributed by atoms with Gasteiger partial charge in [0.05, 0.1) is 6.07 Å². The summed E-state index contributed by atoms with van der Waals surface area (Å²) in [7, 11) is 0. The van der Waals surface area contributed by atoms with Crippen LogP contribution in [0.4, 0.5) is 0 Å². The lowest BCUT2D eigenvalue weighted by molar-refractivity contribution is -0.155. The molecule has 2 bridgehead atoms. The molecule has 1 aromatic heterocycles. The van der Waals surface area contributed by atoms with Crippen molar-refractivity contribution in [1.29, 1.82) is 5.26 Å². The van der Waals surface area contributed by atoms with Gasteiger partial charge in [-0.1, -0.05) is 29.5 Å². The molecule has 0 aromatic carbocycles. The van der Waals surface area contributed by atoms with Crippen LogP contribution in [0.15, 0.2) is 4.42 Å². The molecule has 1 aromatic rings. The standard InChI is InChI=1S/C15H12INO7/c1-3-14(2,16)12(19)21-5-8(18)23-9-7-4-15(6-17)11(22-7)10(9)24-13(15)20/h3-5H2,1-2H3. The Kier molecular flexibility index (Phi) is 3.82. The highest BCUT2D eigenvalue weighted by Gasteiger charge is 2.61. The molecule has 9 heteroatoms. The molecule has 0 aliphatic carbocycles. The number of carbonyl (C=O) groups excluding carboxylic acids is 3. The summed E-state index contributed by atoms with van der Waals surface area (Å²) in [6.07, 6.45) is 0.512. The molecule has 0 spiro atoms. The van der Waals surface area contributed by atoms with E-state index in [0.717, 1.165) is 0 Å². The molecule has 0 radical (unpaired) electrons. The largest absolute Gasteiger partial charge is 0.455 e. The summed E-state index contributed by atoms with van der Waals surface area (Å²) in [5, 5.41) is 9.20. The number of rotatable bonds is 5. The first-order valence-electron chi connectivity index (χ1n) is 7.11. The van der Waals surface area contributed by atoms with Gasteiger partial charge in [-0.05, 0) is 13.3 Å². The number of nitriles is 1. The first-order valence-corrected chi connectivity index (χ1v) is 8.19. The van der Waals surface area contributed by atoms with Crippen molar-refractivity contribution in [2.75, 3.05) is 6.61 Å². The SMILES string of the molecule is CCC(C)(I)C(=O)OCC(=O)Oc1c2oc3c1OC(=O)C3(C#N)C2. The van der Waals surface area contributed by atoms with E-state index in [1.807, 2.05) is 35.6 Å². The Balaban J connectivity index is 1.68. The number of halogens is 1. The first-order chi connectivity index (χ1) is 11.2. The van der Waals surface area contributed by atoms with E-state index in [1.54, 1.807) is 6.92 Å². The second-order valence-electron chi connectivity index (χ2n) is 5.70. The second-order valence-corrected chi connectivity index (χ2v) is 8.08. The van der Waals surface area contributed by atoms with Gasteiger partial charge in [0.2, 0.25) is 16.9 Å². The monoisotopic (exact) mass is 445 g/mol. The van der Waals surface area contributed by atoms with Crippen LogP contribution < -0.4 is 9.47 Å². The molecule has 2 atom stereocenters. The molecule has 0 saturated carbocycles. The van der Waals surface area contributed by atoms with Crippen LogP contribution >= 0.6 is 22.6 Å². The molecule has 2 aliphatic rings. The van der Waals surface area contributed by atoms with Crippen molar-refractivity contribution in [3.05, 3.63) is 11.5 Å². The van der Waals surface area contributed by atoms with Crippen molar-refractivity contribution in [3.8, 4) is 17.6 Å². The van der Waals surface area contributed by atoms with E-state index < -0.39 is 33.4 Å². The highest BCUT2D eigenvalue weighted by molar-refractivity contribution is 14.1. The van der Waals surface area contributed by atoms with Crippen molar-refractivity contribution in [1.82, 2.24) is 0 Å². The molecule has 24 heavy (non-hydrogen) atoms. The summed E-state index contributed by atoms with van der Waals surface area (Å²) in [5.74, 6) is -1.92. The molecule has 0 fully saturated rings. The average Bonchev–Trinajstić information content (AvgIpc) is 3.14. The minimum atomic E-state index is -1.46. The molecule has 0 saturated heterocycles. The maximum atomic E-state index is 11.9. The molecule has 2 unspecified atom stereocenters. The van der Waals surface area contributed by atoms with E-state index in [4.69, 9.17) is 18.6 Å². The van der Waals surface area contributed by atoms with Crippen LogP contribution in [0, 0.1) is 11.3 Å². The zero-order valence-electron chi connectivity index (χ0n) is 12.8. The fourth-order valence-electron chi connectivity index (χ4n) is 2.40. The van der Waals surface area contributed by atoms with Crippen molar-refractivity contribution in [2.45, 2.75) is 35.5 Å². The summed E-state index contributed by atoms with van der Waals surface area (Å²) in [5.41, 5.74) is -1.46. The molecular weight excluding hydrogens is 433 g/mol. The topological polar surface area (TPSA) is 116 Å². The van der Waals surface area contributed by atoms with Crippen LogP contribution in [-0.4, -0.2) is 27.9 Å². The Morgan fingerprint density at radius 2 is 2.21 bits per heavy atom. The van der Waals surface area contributed by atoms with E-state index in [2.05, 4.69) is 0 Å². The Morgan fingerprint density at radius 1 is 1.50 bits per heavy atom. The van der Waals surface area contributed by atoms with Crippen LogP contribution in [0.2, 0.25) is 0 Å². The average molecular weight is 445 g/mol. The fourth-order valence-corrected chi connectivity index (χ4v) is 2.56. The third kappa shape index (κ3) is 2.28. The Bertz CT molecular complexity index is 803. The number of ether oxygens (including phenoxy) is 3. The van der Waals surface area contributed by atoms with E-state index >= 15 is 0 Å². The Morgan fingerprint density at radius 3 is 2.83 bits per heavy atom. The summed E-state index contributed by atoms with van der Waals surface area (Å²) in [4.78, 5) is 35.5. The number of carbonyl (C=O) groups is 3. The number of nitrogens with zero attached hydrogens (tertiary/aromatic N) is 1. The number of hydrogen-bond acceptors (Lipinski definition) is 8. The fraction of sp³-hybridized carbons (Fsp3) is 0.467. The lowest BCUT2D eigenvalue weighted by Gasteiger charge is -2.17. The van der Waals surface area contributed by atoms with Crippen molar-refractivity contribution < 1.29 is 33.0 Å². The van der Waals surface area contributed by atoms with Gasteiger partial charge in [-0.15, -0.1) is 0 Å². The number of hydrogen-bond donors (Lipinski definition) is 0. The molecule has 8 nitrogen and oxygen atoms in total. The second kappa shape index (κ2) is 5.47. The molecule has 0 amide bonds. The van der Waals surface area contributed by atoms with E-state index in [0.29, 0.717) is 6.42 Å². The van der Waals surface area contributed by atoms with Gasteiger partial charge in [0.1, 0.15) is 3.42 Å². The minimum absolute atomic E-state index is 0.0319. The number of furan rings is 1. The molecule has 126 valence electrons. The first kappa shape index (κ1) is 16.8. The molecule has 3 heterocycles. The smallest absolute Gasteiger partial charge is 0.349 e. The maximum Gasteiger partial charge on any atom is 0.349 e. The van der Waals surface area contributed by atoms with Crippen LogP contribution in [0.25, 0.3) is 0 Å². The third-order valence-electron chi connectivity index (χ3n) is 4.06. The van der Waals surface area contributed by atoms with Crippen LogP contribution in [0.1, 0.15) is 31.8 Å². The van der Waals surface area contributed by atoms with Gasteiger partial charge in [0.15, 0.2) is 18.1 Å². The third-order valence-corrected chi connectivity index (χ3v) is 5.27. The van der Waals surface area contributed by atoms with Crippen LogP contribution in [0.5, 0.6) is 11.5 Å². The van der Waals surface area contributed by atoms with Crippen molar-refractivity contribution in [3.63, 3.8) is 0 Å². The van der Waals surface area contributed by atoms with Crippen molar-refractivity contribution >= 4 is 40.5 Å². The Hall–Kier alpha value is -2.09. The Labute approximate surface area is 150 Å². The van der Waals surface area contributed by atoms with Gasteiger partial charge in [-0.25, -0.2) is 9.59 Å². The predicted molar refractivity (Wildman–Crippen MR) is 84.6 cm³/mol. The van der Waals surface area contributed by atoms with E-state index in [9.17, 15) is 19.6 Å². The van der Waals surface area contributed by atoms with Gasteiger partial charge in [0, 0.05) is 6.42 Å². The highest BCUT2D eigenvalue weighted by Crippen LogP contribution is 2.56. The highest BCUT2D eigenvalue weighted by atomic mass is 127. The summed E-state index contributed by atoms with van der Waals surface area (Å²) in [6.45, 7) is 2.95. The number of fused-ring (bicyclic) bond motifs is 1. The van der Waals surface area contributed by atoms with Crippen LogP contribution in [0.3, 0.4) is 0 Å². The van der Waals surface area contributed by atoms with Gasteiger partial charge in [-0.3, -0.25) is 4.79 Å². The van der Waals surface area contributed by atoms with Gasteiger partial charge >= 0.3 is 17.9 Å². The summed E-state index contributed by atoms with van der Waals surface area (Å²) >= 11 is 1.95. The lowest BCUT2D eigenvalue weighted by atomic mass is 9.83. The number of alkyl halides is 1. The molecule has 2 aliphatic heterocycles. The number of esters is 3. The van der Waals surface area contributed by atoms with Gasteiger partial charge < -0.3 is 18.6 Å². The summed E-state index contributed by atoms with van der Waals surface area (Å²) < 4.78 is 19.6. The molecule has 0 N–H and O–H groups in total. The lowest BCUT2D eigenvalue weighted by Crippen LogP contribution is -2.32. The van der Waals surface area contributed by atoms with E-state index in [-0.39, 0.29) is 29.4 Å². The predicted octanol–water partition coefficient (Wildman–Crippen LogP) is 1.57. The van der Waals surface area contributed by atoms with Crippen LogP contribution in [-0.2, 0) is 31.0 Å².